The van der Waals surface area contributed by atoms with E-state index in [1.54, 1.807) is 12.4 Å². The topological polar surface area (TPSA) is 39.5 Å². The molecule has 0 saturated carbocycles. The number of hydrogen-bond acceptors (Lipinski definition) is 3. The molecule has 1 aliphatic heterocycles. The van der Waals surface area contributed by atoms with E-state index in [4.69, 9.17) is 4.74 Å². The molecule has 0 amide bonds. The van der Waals surface area contributed by atoms with Crippen LogP contribution in [0, 0.1) is 0 Å². The number of hydrogen-bond donors (Lipinski definition) is 0. The standard InChI is InChI=1S/C16H18N3O/c1-3-16(20-13-14-5-7-17-8-6-14)4-2-15(1)19-11-9-18-10-12-19/h1-8H,9-13H2. The lowest BCUT2D eigenvalue weighted by atomic mass is 10.2. The number of nitrogens with zero attached hydrogens (tertiary/aromatic N) is 3. The number of aromatic nitrogens is 1. The van der Waals surface area contributed by atoms with Crippen molar-refractivity contribution in [3.8, 4) is 5.75 Å². The van der Waals surface area contributed by atoms with Crippen molar-refractivity contribution in [2.24, 2.45) is 0 Å². The van der Waals surface area contributed by atoms with Crippen molar-refractivity contribution in [3.05, 3.63) is 54.4 Å². The van der Waals surface area contributed by atoms with Gasteiger partial charge in [-0.1, -0.05) is 0 Å². The van der Waals surface area contributed by atoms with Gasteiger partial charge in [0.15, 0.2) is 0 Å². The van der Waals surface area contributed by atoms with Crippen LogP contribution in [0.25, 0.3) is 0 Å². The van der Waals surface area contributed by atoms with Gasteiger partial charge in [0.25, 0.3) is 0 Å². The Morgan fingerprint density at radius 3 is 2.35 bits per heavy atom. The minimum Gasteiger partial charge on any atom is -0.489 e. The maximum absolute atomic E-state index is 5.77. The first-order valence-corrected chi connectivity index (χ1v) is 6.92. The Balaban J connectivity index is 1.58. The molecule has 1 radical (unpaired) electrons. The molecule has 1 aromatic heterocycles. The molecule has 0 N–H and O–H groups in total. The van der Waals surface area contributed by atoms with Crippen LogP contribution in [0.4, 0.5) is 5.69 Å². The van der Waals surface area contributed by atoms with Crippen LogP contribution in [-0.2, 0) is 6.61 Å². The summed E-state index contributed by atoms with van der Waals surface area (Å²) in [5.74, 6) is 0.896. The normalized spacial score (nSPS) is 15.1. The van der Waals surface area contributed by atoms with Crippen LogP contribution in [0.3, 0.4) is 0 Å². The lowest BCUT2D eigenvalue weighted by molar-refractivity contribution is 0.306. The van der Waals surface area contributed by atoms with Crippen LogP contribution in [0.15, 0.2) is 48.8 Å². The van der Waals surface area contributed by atoms with Gasteiger partial charge in [0, 0.05) is 44.3 Å². The lowest BCUT2D eigenvalue weighted by Gasteiger charge is -2.28. The van der Waals surface area contributed by atoms with Crippen molar-refractivity contribution in [1.82, 2.24) is 10.3 Å². The summed E-state index contributed by atoms with van der Waals surface area (Å²) in [6, 6.07) is 12.2. The third-order valence-electron chi connectivity index (χ3n) is 3.41. The SMILES string of the molecule is c1cc(COc2ccc(N3CC[N]CC3)cc2)ccn1. The maximum Gasteiger partial charge on any atom is 0.119 e. The summed E-state index contributed by atoms with van der Waals surface area (Å²) < 4.78 is 5.77. The summed E-state index contributed by atoms with van der Waals surface area (Å²) in [6.45, 7) is 4.46. The van der Waals surface area contributed by atoms with Crippen LogP contribution >= 0.6 is 0 Å². The summed E-state index contributed by atoms with van der Waals surface area (Å²) >= 11 is 0. The number of pyridine rings is 1. The molecule has 0 atom stereocenters. The summed E-state index contributed by atoms with van der Waals surface area (Å²) in [5, 5.41) is 4.36. The van der Waals surface area contributed by atoms with Crippen molar-refractivity contribution in [2.45, 2.75) is 6.61 Å². The second kappa shape index (κ2) is 6.39. The lowest BCUT2D eigenvalue weighted by Crippen LogP contribution is -2.40. The van der Waals surface area contributed by atoms with Gasteiger partial charge in [-0.2, -0.15) is 0 Å². The molecule has 0 aliphatic carbocycles. The molecule has 1 aromatic carbocycles. The minimum absolute atomic E-state index is 0.574. The van der Waals surface area contributed by atoms with Crippen LogP contribution in [0.5, 0.6) is 5.75 Å². The fourth-order valence-electron chi connectivity index (χ4n) is 2.26. The van der Waals surface area contributed by atoms with Gasteiger partial charge in [-0.05, 0) is 42.0 Å². The quantitative estimate of drug-likeness (QED) is 0.852. The Bertz CT molecular complexity index is 521. The van der Waals surface area contributed by atoms with E-state index in [1.807, 2.05) is 24.3 Å². The zero-order valence-electron chi connectivity index (χ0n) is 11.4. The molecule has 1 aliphatic rings. The monoisotopic (exact) mass is 268 g/mol. The van der Waals surface area contributed by atoms with Crippen molar-refractivity contribution in [2.75, 3.05) is 31.1 Å². The van der Waals surface area contributed by atoms with E-state index in [2.05, 4.69) is 27.3 Å². The Hall–Kier alpha value is -2.07. The van der Waals surface area contributed by atoms with Crippen LogP contribution in [0.1, 0.15) is 5.56 Å². The van der Waals surface area contributed by atoms with Gasteiger partial charge >= 0.3 is 0 Å². The van der Waals surface area contributed by atoms with Gasteiger partial charge < -0.3 is 9.64 Å². The zero-order chi connectivity index (χ0) is 13.6. The molecule has 20 heavy (non-hydrogen) atoms. The summed E-state index contributed by atoms with van der Waals surface area (Å²) in [6.07, 6.45) is 3.56. The van der Waals surface area contributed by atoms with E-state index >= 15 is 0 Å². The first kappa shape index (κ1) is 12.9. The van der Waals surface area contributed by atoms with Crippen LogP contribution in [0.2, 0.25) is 0 Å². The highest BCUT2D eigenvalue weighted by Crippen LogP contribution is 2.20. The third-order valence-corrected chi connectivity index (χ3v) is 3.41. The number of anilines is 1. The van der Waals surface area contributed by atoms with E-state index in [0.29, 0.717) is 6.61 Å². The van der Waals surface area contributed by atoms with Crippen molar-refractivity contribution >= 4 is 5.69 Å². The Labute approximate surface area is 119 Å². The van der Waals surface area contributed by atoms with E-state index in [-0.39, 0.29) is 0 Å². The first-order chi connectivity index (χ1) is 9.92. The van der Waals surface area contributed by atoms with Gasteiger partial charge in [0.2, 0.25) is 0 Å². The van der Waals surface area contributed by atoms with E-state index < -0.39 is 0 Å². The zero-order valence-corrected chi connectivity index (χ0v) is 11.4. The average Bonchev–Trinajstić information content (AvgIpc) is 2.55. The maximum atomic E-state index is 5.77. The molecular formula is C16H18N3O. The number of benzene rings is 1. The predicted molar refractivity (Wildman–Crippen MR) is 79.1 cm³/mol. The fourth-order valence-corrected chi connectivity index (χ4v) is 2.26. The molecule has 2 heterocycles. The number of rotatable bonds is 4. The second-order valence-electron chi connectivity index (χ2n) is 4.80. The molecule has 0 spiro atoms. The van der Waals surface area contributed by atoms with E-state index in [0.717, 1.165) is 37.5 Å². The Morgan fingerprint density at radius 2 is 1.65 bits per heavy atom. The summed E-state index contributed by atoms with van der Waals surface area (Å²) in [7, 11) is 0. The molecule has 0 bridgehead atoms. The van der Waals surface area contributed by atoms with Crippen LogP contribution in [-0.4, -0.2) is 31.2 Å². The van der Waals surface area contributed by atoms with E-state index in [9.17, 15) is 0 Å². The smallest absolute Gasteiger partial charge is 0.119 e. The van der Waals surface area contributed by atoms with Crippen molar-refractivity contribution in [3.63, 3.8) is 0 Å². The van der Waals surface area contributed by atoms with Gasteiger partial charge in [-0.3, -0.25) is 4.98 Å². The largest absolute Gasteiger partial charge is 0.489 e. The van der Waals surface area contributed by atoms with Gasteiger partial charge in [0.1, 0.15) is 12.4 Å². The highest BCUT2D eigenvalue weighted by atomic mass is 16.5. The molecule has 3 rings (SSSR count). The molecule has 4 heteroatoms. The van der Waals surface area contributed by atoms with E-state index in [1.165, 1.54) is 5.69 Å². The van der Waals surface area contributed by atoms with Gasteiger partial charge in [-0.15, -0.1) is 0 Å². The average molecular weight is 268 g/mol. The molecular weight excluding hydrogens is 250 g/mol. The molecule has 103 valence electrons. The first-order valence-electron chi connectivity index (χ1n) is 6.92. The second-order valence-corrected chi connectivity index (χ2v) is 4.80. The molecule has 4 nitrogen and oxygen atoms in total. The fraction of sp³-hybridized carbons (Fsp3) is 0.312. The molecule has 2 aromatic rings. The third kappa shape index (κ3) is 3.27. The highest BCUT2D eigenvalue weighted by Gasteiger charge is 2.10. The minimum atomic E-state index is 0.574. The molecule has 1 saturated heterocycles. The van der Waals surface area contributed by atoms with Crippen molar-refractivity contribution < 1.29 is 4.74 Å². The van der Waals surface area contributed by atoms with Gasteiger partial charge in [0.05, 0.1) is 0 Å². The Morgan fingerprint density at radius 1 is 0.950 bits per heavy atom. The molecule has 1 fully saturated rings. The summed E-state index contributed by atoms with van der Waals surface area (Å²) in [4.78, 5) is 6.36. The number of piperazine rings is 1. The summed E-state index contributed by atoms with van der Waals surface area (Å²) in [5.41, 5.74) is 2.37. The van der Waals surface area contributed by atoms with Gasteiger partial charge in [-0.25, -0.2) is 5.32 Å². The molecule has 0 unspecified atom stereocenters. The van der Waals surface area contributed by atoms with Crippen LogP contribution < -0.4 is 15.0 Å². The number of ether oxygens (including phenoxy) is 1. The highest BCUT2D eigenvalue weighted by molar-refractivity contribution is 5.49. The predicted octanol–water partition coefficient (Wildman–Crippen LogP) is 2.08. The Kier molecular flexibility index (Phi) is 4.13. The van der Waals surface area contributed by atoms with Crippen molar-refractivity contribution in [1.29, 1.82) is 0 Å².